The van der Waals surface area contributed by atoms with Gasteiger partial charge in [0.25, 0.3) is 0 Å². The summed E-state index contributed by atoms with van der Waals surface area (Å²) in [6, 6.07) is 8.80. The third-order valence-electron chi connectivity index (χ3n) is 4.25. The van der Waals surface area contributed by atoms with Crippen molar-refractivity contribution < 1.29 is 9.90 Å². The topological polar surface area (TPSA) is 72.9 Å². The lowest BCUT2D eigenvalue weighted by Gasteiger charge is -2.06. The van der Waals surface area contributed by atoms with E-state index in [2.05, 4.69) is 14.6 Å². The van der Waals surface area contributed by atoms with Gasteiger partial charge in [-0.2, -0.15) is 5.10 Å². The molecule has 0 saturated carbocycles. The molecular formula is C19H15ClN4O2S. The van der Waals surface area contributed by atoms with Crippen molar-refractivity contribution in [1.82, 2.24) is 19.3 Å². The Morgan fingerprint density at radius 3 is 2.78 bits per heavy atom. The molecule has 1 aromatic carbocycles. The molecule has 0 radical (unpaired) electrons. The number of hydrogen-bond acceptors (Lipinski definition) is 4. The van der Waals surface area contributed by atoms with Gasteiger partial charge in [0.05, 0.1) is 23.0 Å². The van der Waals surface area contributed by atoms with Crippen molar-refractivity contribution in [2.45, 2.75) is 16.8 Å². The van der Waals surface area contributed by atoms with Crippen molar-refractivity contribution in [2.24, 2.45) is 7.05 Å². The van der Waals surface area contributed by atoms with Gasteiger partial charge in [0.2, 0.25) is 0 Å². The van der Waals surface area contributed by atoms with Crippen LogP contribution in [0.3, 0.4) is 0 Å². The number of halogens is 1. The van der Waals surface area contributed by atoms with Crippen LogP contribution in [0.1, 0.15) is 16.1 Å². The number of rotatable bonds is 4. The summed E-state index contributed by atoms with van der Waals surface area (Å²) in [6.07, 6.45) is 5.24. The zero-order valence-electron chi connectivity index (χ0n) is 14.5. The first-order valence-electron chi connectivity index (χ1n) is 8.11. The van der Waals surface area contributed by atoms with Crippen LogP contribution in [-0.2, 0) is 7.05 Å². The molecule has 1 N–H and O–H groups in total. The molecule has 3 heterocycles. The fourth-order valence-electron chi connectivity index (χ4n) is 3.05. The molecule has 4 aromatic rings. The molecule has 0 unspecified atom stereocenters. The standard InChI is InChI=1S/C19H15ClN4O2S/c1-11-18(27-17-7-12(19(25)26)5-6-21-17)15-4-3-13(20)8-16(15)24(11)14-9-22-23(2)10-14/h3-10H,1-2H3,(H,25,26). The number of nitrogens with zero attached hydrogens (tertiary/aromatic N) is 4. The van der Waals surface area contributed by atoms with Gasteiger partial charge in [0.1, 0.15) is 5.03 Å². The van der Waals surface area contributed by atoms with E-state index in [-0.39, 0.29) is 5.56 Å². The van der Waals surface area contributed by atoms with Crippen LogP contribution in [0.15, 0.2) is 58.8 Å². The number of carbonyl (C=O) groups is 1. The smallest absolute Gasteiger partial charge is 0.335 e. The van der Waals surface area contributed by atoms with E-state index in [1.165, 1.54) is 24.0 Å². The molecule has 6 nitrogen and oxygen atoms in total. The minimum Gasteiger partial charge on any atom is -0.478 e. The maximum Gasteiger partial charge on any atom is 0.335 e. The Hall–Kier alpha value is -2.77. The van der Waals surface area contributed by atoms with Crippen molar-refractivity contribution in [3.05, 3.63) is 65.2 Å². The highest BCUT2D eigenvalue weighted by Crippen LogP contribution is 2.40. The van der Waals surface area contributed by atoms with E-state index in [1.807, 2.05) is 38.4 Å². The van der Waals surface area contributed by atoms with E-state index in [9.17, 15) is 9.90 Å². The van der Waals surface area contributed by atoms with E-state index >= 15 is 0 Å². The normalized spacial score (nSPS) is 11.2. The Bertz CT molecular complexity index is 1180. The van der Waals surface area contributed by atoms with E-state index in [0.29, 0.717) is 10.0 Å². The molecule has 8 heteroatoms. The molecule has 0 spiro atoms. The lowest BCUT2D eigenvalue weighted by molar-refractivity contribution is 0.0696. The molecule has 0 aliphatic carbocycles. The maximum absolute atomic E-state index is 11.2. The molecule has 4 rings (SSSR count). The number of aromatic carboxylic acids is 1. The molecule has 136 valence electrons. The van der Waals surface area contributed by atoms with Crippen molar-refractivity contribution >= 4 is 40.2 Å². The minimum absolute atomic E-state index is 0.212. The summed E-state index contributed by atoms with van der Waals surface area (Å²) in [6.45, 7) is 2.02. The molecule has 3 aromatic heterocycles. The Morgan fingerprint density at radius 2 is 2.07 bits per heavy atom. The van der Waals surface area contributed by atoms with Gasteiger partial charge < -0.3 is 9.67 Å². The van der Waals surface area contributed by atoms with Gasteiger partial charge >= 0.3 is 5.97 Å². The van der Waals surface area contributed by atoms with Gasteiger partial charge in [-0.3, -0.25) is 4.68 Å². The van der Waals surface area contributed by atoms with Crippen LogP contribution in [0.25, 0.3) is 16.6 Å². The van der Waals surface area contributed by atoms with Crippen LogP contribution in [-0.4, -0.2) is 30.4 Å². The molecule has 0 fully saturated rings. The third kappa shape index (κ3) is 3.20. The predicted octanol–water partition coefficient (Wildman–Crippen LogP) is 4.57. The van der Waals surface area contributed by atoms with Crippen LogP contribution in [0.5, 0.6) is 0 Å². The van der Waals surface area contributed by atoms with Crippen molar-refractivity contribution in [3.8, 4) is 5.69 Å². The van der Waals surface area contributed by atoms with Crippen molar-refractivity contribution in [1.29, 1.82) is 0 Å². The summed E-state index contributed by atoms with van der Waals surface area (Å²) in [4.78, 5) is 16.6. The van der Waals surface area contributed by atoms with Gasteiger partial charge in [0.15, 0.2) is 0 Å². The lowest BCUT2D eigenvalue weighted by atomic mass is 10.2. The Balaban J connectivity index is 1.90. The predicted molar refractivity (Wildman–Crippen MR) is 105 cm³/mol. The SMILES string of the molecule is Cc1c(Sc2cc(C(=O)O)ccn2)c2ccc(Cl)cc2n1-c1cnn(C)c1. The molecule has 0 saturated heterocycles. The highest BCUT2D eigenvalue weighted by molar-refractivity contribution is 7.99. The second-order valence-corrected chi connectivity index (χ2v) is 7.54. The molecular weight excluding hydrogens is 384 g/mol. The monoisotopic (exact) mass is 398 g/mol. The number of pyridine rings is 1. The maximum atomic E-state index is 11.2. The van der Waals surface area contributed by atoms with E-state index < -0.39 is 5.97 Å². The zero-order chi connectivity index (χ0) is 19.1. The van der Waals surface area contributed by atoms with Gasteiger partial charge in [-0.1, -0.05) is 29.4 Å². The number of carboxylic acids is 1. The minimum atomic E-state index is -0.972. The van der Waals surface area contributed by atoms with Crippen LogP contribution in [0.4, 0.5) is 0 Å². The second-order valence-electron chi connectivity index (χ2n) is 6.07. The largest absolute Gasteiger partial charge is 0.478 e. The van der Waals surface area contributed by atoms with Gasteiger partial charge in [0, 0.05) is 40.4 Å². The first-order chi connectivity index (χ1) is 12.9. The van der Waals surface area contributed by atoms with Gasteiger partial charge in [-0.05, 0) is 31.2 Å². The van der Waals surface area contributed by atoms with E-state index in [0.717, 1.165) is 27.2 Å². The van der Waals surface area contributed by atoms with Crippen LogP contribution < -0.4 is 0 Å². The van der Waals surface area contributed by atoms with Crippen LogP contribution in [0, 0.1) is 6.92 Å². The molecule has 0 aliphatic heterocycles. The first kappa shape index (κ1) is 17.6. The number of aryl methyl sites for hydroxylation is 1. The fraction of sp³-hybridized carbons (Fsp3) is 0.105. The zero-order valence-corrected chi connectivity index (χ0v) is 16.1. The molecule has 0 aliphatic rings. The summed E-state index contributed by atoms with van der Waals surface area (Å²) in [5.74, 6) is -0.972. The lowest BCUT2D eigenvalue weighted by Crippen LogP contribution is -1.97. The first-order valence-corrected chi connectivity index (χ1v) is 9.30. The summed E-state index contributed by atoms with van der Waals surface area (Å²) in [5, 5.41) is 15.8. The number of hydrogen-bond donors (Lipinski definition) is 1. The highest BCUT2D eigenvalue weighted by Gasteiger charge is 2.18. The summed E-state index contributed by atoms with van der Waals surface area (Å²) in [7, 11) is 1.87. The molecule has 0 amide bonds. The van der Waals surface area contributed by atoms with Crippen molar-refractivity contribution in [3.63, 3.8) is 0 Å². The van der Waals surface area contributed by atoms with E-state index in [1.54, 1.807) is 16.9 Å². The Kier molecular flexibility index (Phi) is 4.41. The molecule has 27 heavy (non-hydrogen) atoms. The molecule has 0 atom stereocenters. The Morgan fingerprint density at radius 1 is 1.26 bits per heavy atom. The van der Waals surface area contributed by atoms with Gasteiger partial charge in [-0.25, -0.2) is 9.78 Å². The average Bonchev–Trinajstić information content (AvgIpc) is 3.16. The number of carboxylic acid groups (broad SMARTS) is 1. The summed E-state index contributed by atoms with van der Waals surface area (Å²) >= 11 is 7.68. The quantitative estimate of drug-likeness (QED) is 0.545. The van der Waals surface area contributed by atoms with E-state index in [4.69, 9.17) is 11.6 Å². The summed E-state index contributed by atoms with van der Waals surface area (Å²) < 4.78 is 3.84. The number of fused-ring (bicyclic) bond motifs is 1. The molecule has 0 bridgehead atoms. The Labute approximate surface area is 164 Å². The summed E-state index contributed by atoms with van der Waals surface area (Å²) in [5.41, 5.74) is 3.11. The fourth-order valence-corrected chi connectivity index (χ4v) is 4.24. The number of aromatic nitrogens is 4. The van der Waals surface area contributed by atoms with Crippen LogP contribution >= 0.6 is 23.4 Å². The number of benzene rings is 1. The average molecular weight is 399 g/mol. The third-order valence-corrected chi connectivity index (χ3v) is 5.63. The second kappa shape index (κ2) is 6.75. The van der Waals surface area contributed by atoms with Crippen LogP contribution in [0.2, 0.25) is 5.02 Å². The van der Waals surface area contributed by atoms with Crippen molar-refractivity contribution in [2.75, 3.05) is 0 Å². The van der Waals surface area contributed by atoms with Gasteiger partial charge in [-0.15, -0.1) is 0 Å². The highest BCUT2D eigenvalue weighted by atomic mass is 35.5.